The topological polar surface area (TPSA) is 74.5 Å². The normalized spacial score (nSPS) is 18.8. The van der Waals surface area contributed by atoms with E-state index in [2.05, 4.69) is 22.4 Å². The Morgan fingerprint density at radius 1 is 1.57 bits per heavy atom. The zero-order valence-electron chi connectivity index (χ0n) is 13.1. The predicted octanol–water partition coefficient (Wildman–Crippen LogP) is 0.953. The second-order valence-electron chi connectivity index (χ2n) is 5.83. The first kappa shape index (κ1) is 15.7. The minimum atomic E-state index is 0.0261. The number of aromatic nitrogens is 1. The highest BCUT2D eigenvalue weighted by molar-refractivity contribution is 5.94. The molecule has 2 rings (SSSR count). The van der Waals surface area contributed by atoms with Gasteiger partial charge in [0.1, 0.15) is 5.82 Å². The lowest BCUT2D eigenvalue weighted by atomic mass is 10.1. The number of aryl methyl sites for hydroxylation is 1. The predicted molar refractivity (Wildman–Crippen MR) is 84.0 cm³/mol. The maximum absolute atomic E-state index is 12.6. The first-order valence-corrected chi connectivity index (χ1v) is 7.45. The molecule has 0 saturated carbocycles. The molecular weight excluding hydrogens is 266 g/mol. The van der Waals surface area contributed by atoms with Crippen molar-refractivity contribution in [2.45, 2.75) is 19.8 Å². The zero-order valence-corrected chi connectivity index (χ0v) is 13.1. The maximum Gasteiger partial charge on any atom is 0.253 e. The number of nitrogens with one attached hydrogen (secondary N) is 1. The van der Waals surface area contributed by atoms with E-state index in [-0.39, 0.29) is 5.91 Å². The van der Waals surface area contributed by atoms with Crippen molar-refractivity contribution in [2.24, 2.45) is 11.8 Å². The molecule has 1 unspecified atom stereocenters. The van der Waals surface area contributed by atoms with Gasteiger partial charge in [-0.2, -0.15) is 0 Å². The van der Waals surface area contributed by atoms with E-state index in [0.29, 0.717) is 17.3 Å². The second-order valence-corrected chi connectivity index (χ2v) is 5.83. The van der Waals surface area contributed by atoms with E-state index in [9.17, 15) is 4.79 Å². The molecule has 0 aromatic carbocycles. The van der Waals surface area contributed by atoms with E-state index in [1.54, 1.807) is 11.0 Å². The van der Waals surface area contributed by atoms with Gasteiger partial charge in [0.2, 0.25) is 0 Å². The summed E-state index contributed by atoms with van der Waals surface area (Å²) >= 11 is 0. The van der Waals surface area contributed by atoms with Crippen LogP contribution in [0.25, 0.3) is 0 Å². The molecule has 0 aliphatic carbocycles. The first-order valence-electron chi connectivity index (χ1n) is 7.45. The number of nitrogens with zero attached hydrogens (tertiary/aromatic N) is 3. The Balaban J connectivity index is 2.07. The Bertz CT molecular complexity index is 483. The molecule has 1 amide bonds. The lowest BCUT2D eigenvalue weighted by molar-refractivity contribution is 0.0774. The molecule has 3 N–H and O–H groups in total. The van der Waals surface area contributed by atoms with E-state index in [1.165, 1.54) is 0 Å². The molecule has 1 saturated heterocycles. The van der Waals surface area contributed by atoms with Crippen LogP contribution in [0, 0.1) is 5.92 Å². The first-order chi connectivity index (χ1) is 10.0. The number of carbonyl (C=O) groups excluding carboxylic acids is 1. The summed E-state index contributed by atoms with van der Waals surface area (Å²) in [6.45, 7) is 4.97. The molecule has 1 fully saturated rings. The third-order valence-corrected chi connectivity index (χ3v) is 4.00. The summed E-state index contributed by atoms with van der Waals surface area (Å²) in [5.41, 5.74) is 4.03. The van der Waals surface area contributed by atoms with Crippen molar-refractivity contribution < 1.29 is 4.79 Å². The van der Waals surface area contributed by atoms with Gasteiger partial charge in [-0.05, 0) is 44.5 Å². The lowest BCUT2D eigenvalue weighted by Gasteiger charge is -2.21. The Morgan fingerprint density at radius 2 is 2.33 bits per heavy atom. The standard InChI is InChI=1S/C15H25N5O/c1-4-13-7-12(8-14(17-13)18-16)15(21)20(3)10-11-5-6-19(2)9-11/h7-8,11H,4-6,9-10,16H2,1-3H3,(H,17,18). The Labute approximate surface area is 126 Å². The SMILES string of the molecule is CCc1cc(C(=O)N(C)CC2CCN(C)C2)cc(NN)n1. The van der Waals surface area contributed by atoms with Crippen molar-refractivity contribution >= 4 is 11.7 Å². The number of likely N-dealkylation sites (tertiary alicyclic amines) is 1. The Kier molecular flexibility index (Phi) is 5.14. The van der Waals surface area contributed by atoms with Crippen LogP contribution in [0.2, 0.25) is 0 Å². The molecule has 0 spiro atoms. The summed E-state index contributed by atoms with van der Waals surface area (Å²) in [7, 11) is 3.99. The van der Waals surface area contributed by atoms with Crippen LogP contribution in [-0.4, -0.2) is 54.4 Å². The van der Waals surface area contributed by atoms with E-state index in [0.717, 1.165) is 38.2 Å². The van der Waals surface area contributed by atoms with Crippen LogP contribution in [0.1, 0.15) is 29.4 Å². The number of hydrazine groups is 1. The van der Waals surface area contributed by atoms with Gasteiger partial charge in [-0.25, -0.2) is 10.8 Å². The Hall–Kier alpha value is -1.66. The smallest absolute Gasteiger partial charge is 0.253 e. The van der Waals surface area contributed by atoms with Crippen LogP contribution < -0.4 is 11.3 Å². The maximum atomic E-state index is 12.6. The summed E-state index contributed by atoms with van der Waals surface area (Å²) in [5.74, 6) is 6.54. The molecule has 6 heteroatoms. The number of pyridine rings is 1. The van der Waals surface area contributed by atoms with Crippen molar-refractivity contribution in [1.29, 1.82) is 0 Å². The fourth-order valence-electron chi connectivity index (χ4n) is 2.83. The summed E-state index contributed by atoms with van der Waals surface area (Å²) in [6, 6.07) is 3.55. The third-order valence-electron chi connectivity index (χ3n) is 4.00. The van der Waals surface area contributed by atoms with Gasteiger partial charge >= 0.3 is 0 Å². The Morgan fingerprint density at radius 3 is 2.90 bits per heavy atom. The van der Waals surface area contributed by atoms with Gasteiger partial charge in [-0.3, -0.25) is 4.79 Å². The number of carbonyl (C=O) groups is 1. The summed E-state index contributed by atoms with van der Waals surface area (Å²) in [5, 5.41) is 0. The number of anilines is 1. The number of nitrogens with two attached hydrogens (primary N) is 1. The number of hydrogen-bond donors (Lipinski definition) is 2. The van der Waals surface area contributed by atoms with Gasteiger partial charge in [0.05, 0.1) is 0 Å². The number of amides is 1. The van der Waals surface area contributed by atoms with E-state index in [4.69, 9.17) is 5.84 Å². The van der Waals surface area contributed by atoms with Crippen LogP contribution in [0.3, 0.4) is 0 Å². The van der Waals surface area contributed by atoms with E-state index < -0.39 is 0 Å². The van der Waals surface area contributed by atoms with Gasteiger partial charge in [0.25, 0.3) is 5.91 Å². The van der Waals surface area contributed by atoms with Crippen LogP contribution in [0.5, 0.6) is 0 Å². The minimum absolute atomic E-state index is 0.0261. The molecule has 2 heterocycles. The van der Waals surface area contributed by atoms with E-state index >= 15 is 0 Å². The molecule has 1 aliphatic rings. The van der Waals surface area contributed by atoms with Crippen molar-refractivity contribution in [3.05, 3.63) is 23.4 Å². The van der Waals surface area contributed by atoms with Crippen molar-refractivity contribution in [3.63, 3.8) is 0 Å². The highest BCUT2D eigenvalue weighted by atomic mass is 16.2. The molecule has 21 heavy (non-hydrogen) atoms. The number of hydrogen-bond acceptors (Lipinski definition) is 5. The van der Waals surface area contributed by atoms with Crippen LogP contribution in [-0.2, 0) is 6.42 Å². The summed E-state index contributed by atoms with van der Waals surface area (Å²) in [4.78, 5) is 21.0. The minimum Gasteiger partial charge on any atom is -0.341 e. The fourth-order valence-corrected chi connectivity index (χ4v) is 2.83. The molecule has 1 aromatic rings. The average molecular weight is 291 g/mol. The average Bonchev–Trinajstić information content (AvgIpc) is 2.90. The molecular formula is C15H25N5O. The molecule has 6 nitrogen and oxygen atoms in total. The summed E-state index contributed by atoms with van der Waals surface area (Å²) < 4.78 is 0. The van der Waals surface area contributed by atoms with Crippen molar-refractivity contribution in [1.82, 2.24) is 14.8 Å². The van der Waals surface area contributed by atoms with Crippen LogP contribution in [0.15, 0.2) is 12.1 Å². The second kappa shape index (κ2) is 6.87. The fraction of sp³-hybridized carbons (Fsp3) is 0.600. The molecule has 1 aliphatic heterocycles. The van der Waals surface area contributed by atoms with Crippen molar-refractivity contribution in [3.8, 4) is 0 Å². The lowest BCUT2D eigenvalue weighted by Crippen LogP contribution is -2.33. The molecule has 1 aromatic heterocycles. The van der Waals surface area contributed by atoms with Gasteiger partial charge in [0, 0.05) is 31.4 Å². The van der Waals surface area contributed by atoms with Gasteiger partial charge < -0.3 is 15.2 Å². The van der Waals surface area contributed by atoms with Crippen LogP contribution >= 0.6 is 0 Å². The van der Waals surface area contributed by atoms with Crippen molar-refractivity contribution in [2.75, 3.05) is 39.2 Å². The zero-order chi connectivity index (χ0) is 15.4. The van der Waals surface area contributed by atoms with Gasteiger partial charge in [-0.15, -0.1) is 0 Å². The van der Waals surface area contributed by atoms with Gasteiger partial charge in [0.15, 0.2) is 0 Å². The monoisotopic (exact) mass is 291 g/mol. The third kappa shape index (κ3) is 3.92. The quantitative estimate of drug-likeness (QED) is 0.624. The molecule has 1 atom stereocenters. The van der Waals surface area contributed by atoms with Gasteiger partial charge in [-0.1, -0.05) is 6.92 Å². The largest absolute Gasteiger partial charge is 0.341 e. The van der Waals surface area contributed by atoms with E-state index in [1.807, 2.05) is 20.0 Å². The molecule has 0 bridgehead atoms. The van der Waals surface area contributed by atoms with Crippen LogP contribution in [0.4, 0.5) is 5.82 Å². The summed E-state index contributed by atoms with van der Waals surface area (Å²) in [6.07, 6.45) is 1.92. The number of nitrogen functional groups attached to an aromatic ring is 1. The number of rotatable bonds is 5. The highest BCUT2D eigenvalue weighted by Gasteiger charge is 2.23. The highest BCUT2D eigenvalue weighted by Crippen LogP contribution is 2.17. The molecule has 116 valence electrons. The molecule has 0 radical (unpaired) electrons.